The molecule has 1 N–H and O–H groups in total. The third-order valence-corrected chi connectivity index (χ3v) is 3.93. The first-order valence-corrected chi connectivity index (χ1v) is 7.82. The fourth-order valence-electron chi connectivity index (χ4n) is 2.84. The molecule has 8 nitrogen and oxygen atoms in total. The van der Waals surface area contributed by atoms with E-state index < -0.39 is 12.0 Å². The number of rotatable bonds is 5. The Bertz CT molecular complexity index is 710. The highest BCUT2D eigenvalue weighted by Gasteiger charge is 2.30. The molecule has 0 spiro atoms. The molecule has 1 fully saturated rings. The van der Waals surface area contributed by atoms with Gasteiger partial charge in [0, 0.05) is 32.1 Å². The number of piperidine rings is 1. The van der Waals surface area contributed by atoms with E-state index in [9.17, 15) is 9.90 Å². The maximum absolute atomic E-state index is 11.6. The first-order valence-electron chi connectivity index (χ1n) is 7.82. The van der Waals surface area contributed by atoms with E-state index in [0.717, 1.165) is 12.8 Å². The number of nitrogens with zero attached hydrogens (tertiary/aromatic N) is 5. The minimum Gasteiger partial charge on any atom is -0.480 e. The molecule has 0 amide bonds. The summed E-state index contributed by atoms with van der Waals surface area (Å²) in [6.07, 6.45) is 7.19. The van der Waals surface area contributed by atoms with Gasteiger partial charge in [-0.1, -0.05) is 0 Å². The van der Waals surface area contributed by atoms with Crippen LogP contribution < -0.4 is 4.90 Å². The molecule has 0 aromatic carbocycles. The predicted molar refractivity (Wildman–Crippen MR) is 86.4 cm³/mol. The summed E-state index contributed by atoms with van der Waals surface area (Å²) in [5.74, 6) is 0.176. The molecule has 3 heterocycles. The second-order valence-corrected chi connectivity index (χ2v) is 5.61. The van der Waals surface area contributed by atoms with Crippen LogP contribution in [0.4, 0.5) is 5.82 Å². The molecule has 1 aliphatic rings. The van der Waals surface area contributed by atoms with Gasteiger partial charge in [0.05, 0.1) is 18.5 Å². The van der Waals surface area contributed by atoms with Gasteiger partial charge in [-0.05, 0) is 19.3 Å². The van der Waals surface area contributed by atoms with Crippen LogP contribution in [0.5, 0.6) is 0 Å². The predicted octanol–water partition coefficient (Wildman–Crippen LogP) is 1.52. The zero-order chi connectivity index (χ0) is 16.9. The van der Waals surface area contributed by atoms with E-state index in [1.807, 2.05) is 4.90 Å². The SMILES string of the molecule is COCc1cc(N2CCCCC2C(=O)O)nc(-c2cnccn2)n1. The second-order valence-electron chi connectivity index (χ2n) is 5.61. The van der Waals surface area contributed by atoms with E-state index in [0.29, 0.717) is 42.6 Å². The largest absolute Gasteiger partial charge is 0.480 e. The minimum atomic E-state index is -0.831. The third-order valence-electron chi connectivity index (χ3n) is 3.93. The molecule has 24 heavy (non-hydrogen) atoms. The van der Waals surface area contributed by atoms with E-state index in [-0.39, 0.29) is 0 Å². The van der Waals surface area contributed by atoms with Crippen molar-refractivity contribution in [2.75, 3.05) is 18.6 Å². The highest BCUT2D eigenvalue weighted by atomic mass is 16.5. The monoisotopic (exact) mass is 329 g/mol. The van der Waals surface area contributed by atoms with Gasteiger partial charge >= 0.3 is 5.97 Å². The Morgan fingerprint density at radius 3 is 2.96 bits per heavy atom. The Hall–Kier alpha value is -2.61. The number of carbonyl (C=O) groups is 1. The molecule has 0 aliphatic carbocycles. The number of ether oxygens (including phenoxy) is 1. The van der Waals surface area contributed by atoms with Crippen molar-refractivity contribution < 1.29 is 14.6 Å². The summed E-state index contributed by atoms with van der Waals surface area (Å²) in [6, 6.07) is 1.21. The van der Waals surface area contributed by atoms with Crippen LogP contribution in [-0.4, -0.2) is 50.7 Å². The Morgan fingerprint density at radius 1 is 1.38 bits per heavy atom. The summed E-state index contributed by atoms with van der Waals surface area (Å²) in [6.45, 7) is 0.967. The van der Waals surface area contributed by atoms with Crippen LogP contribution in [0.1, 0.15) is 25.0 Å². The molecular formula is C16H19N5O3. The fraction of sp³-hybridized carbons (Fsp3) is 0.438. The molecule has 1 unspecified atom stereocenters. The van der Waals surface area contributed by atoms with Crippen LogP contribution in [-0.2, 0) is 16.1 Å². The van der Waals surface area contributed by atoms with Crippen molar-refractivity contribution in [2.24, 2.45) is 0 Å². The molecule has 0 radical (unpaired) electrons. The van der Waals surface area contributed by atoms with E-state index in [2.05, 4.69) is 19.9 Å². The quantitative estimate of drug-likeness (QED) is 0.881. The molecule has 1 saturated heterocycles. The van der Waals surface area contributed by atoms with Crippen molar-refractivity contribution in [2.45, 2.75) is 31.9 Å². The van der Waals surface area contributed by atoms with Gasteiger partial charge in [0.1, 0.15) is 17.6 Å². The van der Waals surface area contributed by atoms with Crippen LogP contribution >= 0.6 is 0 Å². The van der Waals surface area contributed by atoms with Gasteiger partial charge in [-0.15, -0.1) is 0 Å². The third kappa shape index (κ3) is 3.48. The molecule has 2 aromatic heterocycles. The smallest absolute Gasteiger partial charge is 0.326 e. The molecule has 1 atom stereocenters. The summed E-state index contributed by atoms with van der Waals surface area (Å²) >= 11 is 0. The number of aliphatic carboxylic acids is 1. The number of carboxylic acids is 1. The Kier molecular flexibility index (Phi) is 4.95. The van der Waals surface area contributed by atoms with Gasteiger partial charge in [0.25, 0.3) is 0 Å². The van der Waals surface area contributed by atoms with Crippen LogP contribution in [0.3, 0.4) is 0 Å². The molecule has 8 heteroatoms. The average Bonchev–Trinajstić information content (AvgIpc) is 2.62. The van der Waals surface area contributed by atoms with Crippen molar-refractivity contribution in [3.8, 4) is 11.5 Å². The maximum Gasteiger partial charge on any atom is 0.326 e. The molecule has 0 saturated carbocycles. The average molecular weight is 329 g/mol. The molecule has 0 bridgehead atoms. The van der Waals surface area contributed by atoms with Gasteiger partial charge in [0.2, 0.25) is 0 Å². The lowest BCUT2D eigenvalue weighted by molar-refractivity contribution is -0.139. The van der Waals surface area contributed by atoms with E-state index >= 15 is 0 Å². The number of anilines is 1. The lowest BCUT2D eigenvalue weighted by Gasteiger charge is -2.34. The van der Waals surface area contributed by atoms with Crippen LogP contribution in [0, 0.1) is 0 Å². The number of hydrogen-bond donors (Lipinski definition) is 1. The summed E-state index contributed by atoms with van der Waals surface area (Å²) in [4.78, 5) is 30.6. The van der Waals surface area contributed by atoms with Gasteiger partial charge in [-0.2, -0.15) is 0 Å². The zero-order valence-electron chi connectivity index (χ0n) is 13.4. The van der Waals surface area contributed by atoms with Crippen LogP contribution in [0.15, 0.2) is 24.7 Å². The minimum absolute atomic E-state index is 0.314. The molecular weight excluding hydrogens is 310 g/mol. The lowest BCUT2D eigenvalue weighted by atomic mass is 10.0. The standard InChI is InChI=1S/C16H19N5O3/c1-24-10-11-8-14(21-7-3-2-4-13(21)16(22)23)20-15(19-11)12-9-17-5-6-18-12/h5-6,8-9,13H,2-4,7,10H2,1H3,(H,22,23). The Balaban J connectivity index is 2.03. The van der Waals surface area contributed by atoms with Crippen LogP contribution in [0.2, 0.25) is 0 Å². The van der Waals surface area contributed by atoms with Crippen molar-refractivity contribution in [1.29, 1.82) is 0 Å². The fourth-order valence-corrected chi connectivity index (χ4v) is 2.84. The van der Waals surface area contributed by atoms with Crippen molar-refractivity contribution in [3.05, 3.63) is 30.4 Å². The van der Waals surface area contributed by atoms with E-state index in [1.165, 1.54) is 0 Å². The van der Waals surface area contributed by atoms with Gasteiger partial charge in [-0.25, -0.2) is 19.7 Å². The summed E-state index contributed by atoms with van der Waals surface area (Å²) in [5, 5.41) is 9.50. The first-order chi connectivity index (χ1) is 11.7. The van der Waals surface area contributed by atoms with Gasteiger partial charge < -0.3 is 14.7 Å². The van der Waals surface area contributed by atoms with E-state index in [4.69, 9.17) is 4.74 Å². The highest BCUT2D eigenvalue weighted by molar-refractivity contribution is 5.78. The Labute approximate surface area is 139 Å². The topological polar surface area (TPSA) is 101 Å². The van der Waals surface area contributed by atoms with E-state index in [1.54, 1.807) is 31.8 Å². The maximum atomic E-state index is 11.6. The second kappa shape index (κ2) is 7.31. The van der Waals surface area contributed by atoms with Gasteiger partial charge in [-0.3, -0.25) is 4.98 Å². The Morgan fingerprint density at radius 2 is 2.25 bits per heavy atom. The lowest BCUT2D eigenvalue weighted by Crippen LogP contribution is -2.45. The van der Waals surface area contributed by atoms with Crippen molar-refractivity contribution in [3.63, 3.8) is 0 Å². The van der Waals surface area contributed by atoms with Gasteiger partial charge in [0.15, 0.2) is 5.82 Å². The van der Waals surface area contributed by atoms with Crippen molar-refractivity contribution in [1.82, 2.24) is 19.9 Å². The first kappa shape index (κ1) is 16.3. The highest BCUT2D eigenvalue weighted by Crippen LogP contribution is 2.26. The summed E-state index contributed by atoms with van der Waals surface area (Å²) in [5.41, 5.74) is 1.22. The van der Waals surface area contributed by atoms with Crippen molar-refractivity contribution >= 4 is 11.8 Å². The number of aromatic nitrogens is 4. The number of methoxy groups -OCH3 is 1. The molecule has 3 rings (SSSR count). The molecule has 1 aliphatic heterocycles. The molecule has 2 aromatic rings. The number of carboxylic acid groups (broad SMARTS) is 1. The zero-order valence-corrected chi connectivity index (χ0v) is 13.4. The summed E-state index contributed by atoms with van der Waals surface area (Å²) < 4.78 is 5.17. The normalized spacial score (nSPS) is 17.7. The van der Waals surface area contributed by atoms with Crippen LogP contribution in [0.25, 0.3) is 11.5 Å². The molecule has 126 valence electrons. The number of hydrogen-bond acceptors (Lipinski definition) is 7. The summed E-state index contributed by atoms with van der Waals surface area (Å²) in [7, 11) is 1.59.